The minimum Gasteiger partial charge on any atom is -0.486 e. The van der Waals surface area contributed by atoms with Crippen LogP contribution in [-0.2, 0) is 6.54 Å². The first-order valence-electron chi connectivity index (χ1n) is 6.42. The number of hydrogen-bond acceptors (Lipinski definition) is 4. The lowest BCUT2D eigenvalue weighted by Gasteiger charge is -2.23. The second-order valence-electron chi connectivity index (χ2n) is 4.99. The highest BCUT2D eigenvalue weighted by molar-refractivity contribution is 5.47. The number of nitrogens with zero attached hydrogens (tertiary/aromatic N) is 1. The molecule has 1 atom stereocenters. The van der Waals surface area contributed by atoms with E-state index < -0.39 is 0 Å². The maximum atomic E-state index is 5.69. The third-order valence-electron chi connectivity index (χ3n) is 2.93. The number of likely N-dealkylation sites (N-methyl/N-ethyl adjacent to an activating group) is 1. The lowest BCUT2D eigenvalue weighted by Crippen LogP contribution is -2.35. The average molecular weight is 250 g/mol. The van der Waals surface area contributed by atoms with Gasteiger partial charge in [0, 0.05) is 24.7 Å². The van der Waals surface area contributed by atoms with E-state index in [0.29, 0.717) is 19.3 Å². The highest BCUT2D eigenvalue weighted by Gasteiger charge is 2.15. The second-order valence-corrected chi connectivity index (χ2v) is 4.99. The van der Waals surface area contributed by atoms with Gasteiger partial charge in [-0.1, -0.05) is 12.1 Å². The van der Waals surface area contributed by atoms with E-state index in [4.69, 9.17) is 9.47 Å². The Morgan fingerprint density at radius 1 is 1.28 bits per heavy atom. The number of ether oxygens (including phenoxy) is 2. The van der Waals surface area contributed by atoms with E-state index in [1.807, 2.05) is 12.1 Å². The minimum absolute atomic E-state index is 0.445. The molecule has 0 aromatic heterocycles. The van der Waals surface area contributed by atoms with E-state index in [1.165, 1.54) is 0 Å². The van der Waals surface area contributed by atoms with Gasteiger partial charge in [0.25, 0.3) is 0 Å². The lowest BCUT2D eigenvalue weighted by molar-refractivity contribution is 0.169. The zero-order valence-electron chi connectivity index (χ0n) is 11.4. The number of nitrogens with one attached hydrogen (secondary N) is 1. The van der Waals surface area contributed by atoms with Gasteiger partial charge in [-0.25, -0.2) is 0 Å². The molecule has 1 aliphatic rings. The van der Waals surface area contributed by atoms with Gasteiger partial charge in [0.15, 0.2) is 11.5 Å². The summed E-state index contributed by atoms with van der Waals surface area (Å²) >= 11 is 0. The molecule has 1 aromatic carbocycles. The van der Waals surface area contributed by atoms with Gasteiger partial charge in [0.2, 0.25) is 0 Å². The molecular weight excluding hydrogens is 228 g/mol. The Morgan fingerprint density at radius 3 is 2.83 bits per heavy atom. The quantitative estimate of drug-likeness (QED) is 0.858. The maximum Gasteiger partial charge on any atom is 0.165 e. The first-order chi connectivity index (χ1) is 8.66. The molecule has 1 N–H and O–H groups in total. The SMILES string of the molecule is CC(CN(C)C)NCc1cccc2c1OCCO2. The summed E-state index contributed by atoms with van der Waals surface area (Å²) in [4.78, 5) is 2.18. The van der Waals surface area contributed by atoms with Gasteiger partial charge in [-0.15, -0.1) is 0 Å². The van der Waals surface area contributed by atoms with Crippen molar-refractivity contribution in [2.75, 3.05) is 33.9 Å². The third kappa shape index (κ3) is 3.37. The Labute approximate surface area is 109 Å². The van der Waals surface area contributed by atoms with Gasteiger partial charge >= 0.3 is 0 Å². The standard InChI is InChI=1S/C14H22N2O2/c1-11(10-16(2)3)15-9-12-5-4-6-13-14(12)18-8-7-17-13/h4-6,11,15H,7-10H2,1-3H3. The van der Waals surface area contributed by atoms with E-state index in [1.54, 1.807) is 0 Å². The topological polar surface area (TPSA) is 33.7 Å². The first-order valence-corrected chi connectivity index (χ1v) is 6.42. The van der Waals surface area contributed by atoms with Crippen LogP contribution in [0, 0.1) is 0 Å². The summed E-state index contributed by atoms with van der Waals surface area (Å²) in [6.45, 7) is 5.29. The molecule has 2 rings (SSSR count). The molecule has 1 aliphatic heterocycles. The van der Waals surface area contributed by atoms with Crippen molar-refractivity contribution < 1.29 is 9.47 Å². The maximum absolute atomic E-state index is 5.69. The van der Waals surface area contributed by atoms with Crippen LogP contribution >= 0.6 is 0 Å². The van der Waals surface area contributed by atoms with Crippen LogP contribution < -0.4 is 14.8 Å². The predicted molar refractivity (Wildman–Crippen MR) is 72.3 cm³/mol. The summed E-state index contributed by atoms with van der Waals surface area (Å²) in [5.74, 6) is 1.76. The summed E-state index contributed by atoms with van der Waals surface area (Å²) in [6, 6.07) is 6.51. The van der Waals surface area contributed by atoms with Gasteiger partial charge in [-0.2, -0.15) is 0 Å². The molecule has 0 aliphatic carbocycles. The highest BCUT2D eigenvalue weighted by Crippen LogP contribution is 2.33. The molecule has 1 unspecified atom stereocenters. The van der Waals surface area contributed by atoms with E-state index in [-0.39, 0.29) is 0 Å². The summed E-state index contributed by atoms with van der Waals surface area (Å²) in [5.41, 5.74) is 1.16. The van der Waals surface area contributed by atoms with Crippen LogP contribution in [0.2, 0.25) is 0 Å². The molecule has 0 saturated carbocycles. The predicted octanol–water partition coefficient (Wildman–Crippen LogP) is 1.50. The molecule has 0 spiro atoms. The Bertz CT molecular complexity index is 393. The molecular formula is C14H22N2O2. The van der Waals surface area contributed by atoms with Gasteiger partial charge in [0.05, 0.1) is 0 Å². The molecule has 0 radical (unpaired) electrons. The third-order valence-corrected chi connectivity index (χ3v) is 2.93. The number of para-hydroxylation sites is 1. The molecule has 0 amide bonds. The van der Waals surface area contributed by atoms with Crippen LogP contribution in [0.3, 0.4) is 0 Å². The highest BCUT2D eigenvalue weighted by atomic mass is 16.6. The molecule has 18 heavy (non-hydrogen) atoms. The molecule has 0 saturated heterocycles. The molecule has 0 bridgehead atoms. The number of hydrogen-bond donors (Lipinski definition) is 1. The van der Waals surface area contributed by atoms with E-state index in [2.05, 4.69) is 37.3 Å². The van der Waals surface area contributed by atoms with Crippen molar-refractivity contribution in [2.45, 2.75) is 19.5 Å². The first kappa shape index (κ1) is 13.2. The molecule has 100 valence electrons. The summed E-state index contributed by atoms with van der Waals surface area (Å²) < 4.78 is 11.3. The largest absolute Gasteiger partial charge is 0.486 e. The van der Waals surface area contributed by atoms with Crippen molar-refractivity contribution >= 4 is 0 Å². The van der Waals surface area contributed by atoms with Crippen LogP contribution in [0.15, 0.2) is 18.2 Å². The van der Waals surface area contributed by atoms with Crippen molar-refractivity contribution in [1.82, 2.24) is 10.2 Å². The number of fused-ring (bicyclic) bond motifs is 1. The van der Waals surface area contributed by atoms with Crippen molar-refractivity contribution in [1.29, 1.82) is 0 Å². The van der Waals surface area contributed by atoms with Gasteiger partial charge in [0.1, 0.15) is 13.2 Å². The zero-order chi connectivity index (χ0) is 13.0. The van der Waals surface area contributed by atoms with Crippen LogP contribution in [0.25, 0.3) is 0 Å². The molecule has 1 heterocycles. The van der Waals surface area contributed by atoms with Crippen LogP contribution in [0.1, 0.15) is 12.5 Å². The lowest BCUT2D eigenvalue weighted by atomic mass is 10.1. The Morgan fingerprint density at radius 2 is 2.06 bits per heavy atom. The Kier molecular flexibility index (Phi) is 4.44. The average Bonchev–Trinajstić information content (AvgIpc) is 2.35. The normalized spacial score (nSPS) is 15.8. The van der Waals surface area contributed by atoms with E-state index in [0.717, 1.165) is 30.2 Å². The van der Waals surface area contributed by atoms with Crippen LogP contribution in [-0.4, -0.2) is 44.8 Å². The van der Waals surface area contributed by atoms with Gasteiger partial charge in [-0.05, 0) is 27.1 Å². The van der Waals surface area contributed by atoms with Crippen LogP contribution in [0.4, 0.5) is 0 Å². The second kappa shape index (κ2) is 6.07. The fourth-order valence-electron chi connectivity index (χ4n) is 2.17. The number of benzene rings is 1. The zero-order valence-corrected chi connectivity index (χ0v) is 11.4. The molecule has 1 aromatic rings. The molecule has 4 nitrogen and oxygen atoms in total. The molecule has 0 fully saturated rings. The Balaban J connectivity index is 1.97. The fourth-order valence-corrected chi connectivity index (χ4v) is 2.17. The van der Waals surface area contributed by atoms with E-state index in [9.17, 15) is 0 Å². The van der Waals surface area contributed by atoms with Crippen molar-refractivity contribution in [3.05, 3.63) is 23.8 Å². The van der Waals surface area contributed by atoms with Crippen LogP contribution in [0.5, 0.6) is 11.5 Å². The molecule has 4 heteroatoms. The van der Waals surface area contributed by atoms with E-state index >= 15 is 0 Å². The summed E-state index contributed by atoms with van der Waals surface area (Å²) in [6.07, 6.45) is 0. The fraction of sp³-hybridized carbons (Fsp3) is 0.571. The summed E-state index contributed by atoms with van der Waals surface area (Å²) in [7, 11) is 4.17. The monoisotopic (exact) mass is 250 g/mol. The summed E-state index contributed by atoms with van der Waals surface area (Å²) in [5, 5.41) is 3.50. The Hall–Kier alpha value is -1.26. The van der Waals surface area contributed by atoms with Crippen molar-refractivity contribution in [3.8, 4) is 11.5 Å². The van der Waals surface area contributed by atoms with Gasteiger partial charge < -0.3 is 19.7 Å². The van der Waals surface area contributed by atoms with Crippen molar-refractivity contribution in [3.63, 3.8) is 0 Å². The van der Waals surface area contributed by atoms with Crippen molar-refractivity contribution in [2.24, 2.45) is 0 Å². The van der Waals surface area contributed by atoms with Gasteiger partial charge in [-0.3, -0.25) is 0 Å². The smallest absolute Gasteiger partial charge is 0.165 e. The number of rotatable bonds is 5. The minimum atomic E-state index is 0.445.